The van der Waals surface area contributed by atoms with E-state index in [9.17, 15) is 9.90 Å². The van der Waals surface area contributed by atoms with Gasteiger partial charge in [0.25, 0.3) is 0 Å². The number of carboxylic acids is 1. The summed E-state index contributed by atoms with van der Waals surface area (Å²) in [6.45, 7) is 3.18. The Balaban J connectivity index is 1.81. The zero-order valence-corrected chi connectivity index (χ0v) is 10.8. The molecule has 1 aromatic rings. The van der Waals surface area contributed by atoms with Crippen molar-refractivity contribution in [3.05, 3.63) is 17.5 Å². The second kappa shape index (κ2) is 4.41. The molecule has 2 aliphatic rings. The van der Waals surface area contributed by atoms with E-state index in [2.05, 4.69) is 12.0 Å². The van der Waals surface area contributed by atoms with Gasteiger partial charge in [0.2, 0.25) is 0 Å². The minimum absolute atomic E-state index is 0.423. The smallest absolute Gasteiger partial charge is 0.339 e. The van der Waals surface area contributed by atoms with E-state index in [-0.39, 0.29) is 0 Å². The lowest BCUT2D eigenvalue weighted by Gasteiger charge is -2.34. The molecule has 0 spiro atoms. The Bertz CT molecular complexity index is 456. The molecule has 1 aromatic heterocycles. The highest BCUT2D eigenvalue weighted by Crippen LogP contribution is 2.40. The molecule has 0 saturated heterocycles. The van der Waals surface area contributed by atoms with Crippen molar-refractivity contribution in [2.24, 2.45) is 11.8 Å². The molecule has 18 heavy (non-hydrogen) atoms. The lowest BCUT2D eigenvalue weighted by Crippen LogP contribution is -2.28. The van der Waals surface area contributed by atoms with E-state index in [1.807, 2.05) is 4.68 Å². The van der Waals surface area contributed by atoms with E-state index >= 15 is 0 Å². The molecule has 3 rings (SSSR count). The summed E-state index contributed by atoms with van der Waals surface area (Å²) in [4.78, 5) is 11.2. The number of aromatic nitrogens is 2. The van der Waals surface area contributed by atoms with Gasteiger partial charge in [0.1, 0.15) is 5.56 Å². The molecule has 2 aliphatic carbocycles. The van der Waals surface area contributed by atoms with Gasteiger partial charge in [0, 0.05) is 12.5 Å². The van der Waals surface area contributed by atoms with Gasteiger partial charge in [0.15, 0.2) is 0 Å². The van der Waals surface area contributed by atoms with Gasteiger partial charge in [0.05, 0.1) is 11.9 Å². The summed E-state index contributed by atoms with van der Waals surface area (Å²) in [5.41, 5.74) is 1.40. The maximum absolute atomic E-state index is 11.2. The van der Waals surface area contributed by atoms with Crippen molar-refractivity contribution in [3.63, 3.8) is 0 Å². The summed E-state index contributed by atoms with van der Waals surface area (Å²) < 4.78 is 1.98. The monoisotopic (exact) mass is 248 g/mol. The Kier molecular flexibility index (Phi) is 2.88. The van der Waals surface area contributed by atoms with Gasteiger partial charge in [-0.05, 0) is 37.5 Å². The molecule has 4 nitrogen and oxygen atoms in total. The SMILES string of the molecule is CC1CC(Cn2ncc(C(=O)O)c2C2CCC2)C1. The first kappa shape index (κ1) is 11.8. The molecule has 0 amide bonds. The van der Waals surface area contributed by atoms with Crippen molar-refractivity contribution < 1.29 is 9.90 Å². The maximum Gasteiger partial charge on any atom is 0.339 e. The summed E-state index contributed by atoms with van der Waals surface area (Å²) in [5.74, 6) is 1.12. The summed E-state index contributed by atoms with van der Waals surface area (Å²) in [6.07, 6.45) is 7.51. The lowest BCUT2D eigenvalue weighted by atomic mass is 9.76. The molecule has 1 N–H and O–H groups in total. The Morgan fingerprint density at radius 2 is 2.22 bits per heavy atom. The van der Waals surface area contributed by atoms with Crippen molar-refractivity contribution in [3.8, 4) is 0 Å². The van der Waals surface area contributed by atoms with Crippen molar-refractivity contribution in [2.75, 3.05) is 0 Å². The van der Waals surface area contributed by atoms with Gasteiger partial charge in [-0.3, -0.25) is 4.68 Å². The number of hydrogen-bond acceptors (Lipinski definition) is 2. The number of hydrogen-bond donors (Lipinski definition) is 1. The number of rotatable bonds is 4. The fourth-order valence-electron chi connectivity index (χ4n) is 3.28. The Hall–Kier alpha value is -1.32. The summed E-state index contributed by atoms with van der Waals surface area (Å²) in [6, 6.07) is 0. The van der Waals surface area contributed by atoms with Crippen LogP contribution in [0.25, 0.3) is 0 Å². The van der Waals surface area contributed by atoms with E-state index in [0.29, 0.717) is 17.4 Å². The van der Waals surface area contributed by atoms with Crippen LogP contribution in [0.15, 0.2) is 6.20 Å². The summed E-state index contributed by atoms with van der Waals surface area (Å²) in [7, 11) is 0. The fourth-order valence-corrected chi connectivity index (χ4v) is 3.28. The molecule has 0 aliphatic heterocycles. The topological polar surface area (TPSA) is 55.1 Å². The van der Waals surface area contributed by atoms with Crippen LogP contribution in [0.2, 0.25) is 0 Å². The molecular formula is C14H20N2O2. The molecule has 0 radical (unpaired) electrons. The zero-order chi connectivity index (χ0) is 12.7. The normalized spacial score (nSPS) is 27.6. The lowest BCUT2D eigenvalue weighted by molar-refractivity contribution is 0.0693. The number of carboxylic acid groups (broad SMARTS) is 1. The van der Waals surface area contributed by atoms with Crippen LogP contribution in [-0.4, -0.2) is 20.9 Å². The molecule has 2 fully saturated rings. The van der Waals surface area contributed by atoms with Crippen molar-refractivity contribution in [2.45, 2.75) is 51.5 Å². The Morgan fingerprint density at radius 3 is 2.72 bits per heavy atom. The van der Waals surface area contributed by atoms with Gasteiger partial charge in [-0.1, -0.05) is 13.3 Å². The molecule has 0 unspecified atom stereocenters. The molecule has 0 bridgehead atoms. The van der Waals surface area contributed by atoms with Gasteiger partial charge in [-0.15, -0.1) is 0 Å². The number of nitrogens with zero attached hydrogens (tertiary/aromatic N) is 2. The third-order valence-electron chi connectivity index (χ3n) is 4.51. The number of aromatic carboxylic acids is 1. The van der Waals surface area contributed by atoms with Crippen LogP contribution in [0.1, 0.15) is 61.0 Å². The fraction of sp³-hybridized carbons (Fsp3) is 0.714. The predicted molar refractivity (Wildman–Crippen MR) is 67.7 cm³/mol. The van der Waals surface area contributed by atoms with Crippen LogP contribution in [0.4, 0.5) is 0 Å². The first-order valence-corrected chi connectivity index (χ1v) is 6.94. The third-order valence-corrected chi connectivity index (χ3v) is 4.51. The molecule has 98 valence electrons. The van der Waals surface area contributed by atoms with Crippen LogP contribution in [0.3, 0.4) is 0 Å². The average Bonchev–Trinajstić information content (AvgIpc) is 2.57. The third kappa shape index (κ3) is 1.93. The van der Waals surface area contributed by atoms with Crippen molar-refractivity contribution in [1.29, 1.82) is 0 Å². The average molecular weight is 248 g/mol. The van der Waals surface area contributed by atoms with E-state index in [4.69, 9.17) is 0 Å². The van der Waals surface area contributed by atoms with E-state index in [1.165, 1.54) is 25.5 Å². The molecular weight excluding hydrogens is 228 g/mol. The van der Waals surface area contributed by atoms with E-state index in [0.717, 1.165) is 31.0 Å². The van der Waals surface area contributed by atoms with Gasteiger partial charge >= 0.3 is 5.97 Å². The summed E-state index contributed by atoms with van der Waals surface area (Å²) in [5, 5.41) is 13.6. The Labute approximate surface area is 107 Å². The molecule has 4 heteroatoms. The first-order chi connectivity index (χ1) is 8.65. The van der Waals surface area contributed by atoms with Gasteiger partial charge in [-0.2, -0.15) is 5.10 Å². The molecule has 1 heterocycles. The standard InChI is InChI=1S/C14H20N2O2/c1-9-5-10(6-9)8-16-13(11-3-2-4-11)12(7-15-16)14(17)18/h7,9-11H,2-6,8H2,1H3,(H,17,18). The van der Waals surface area contributed by atoms with E-state index in [1.54, 1.807) is 0 Å². The van der Waals surface area contributed by atoms with E-state index < -0.39 is 5.97 Å². The van der Waals surface area contributed by atoms with Crippen molar-refractivity contribution in [1.82, 2.24) is 9.78 Å². The zero-order valence-electron chi connectivity index (χ0n) is 10.8. The highest BCUT2D eigenvalue weighted by atomic mass is 16.4. The minimum atomic E-state index is -0.829. The first-order valence-electron chi connectivity index (χ1n) is 6.94. The largest absolute Gasteiger partial charge is 0.478 e. The highest BCUT2D eigenvalue weighted by Gasteiger charge is 2.32. The minimum Gasteiger partial charge on any atom is -0.478 e. The maximum atomic E-state index is 11.2. The molecule has 2 saturated carbocycles. The van der Waals surface area contributed by atoms with Crippen LogP contribution in [0, 0.1) is 11.8 Å². The Morgan fingerprint density at radius 1 is 1.50 bits per heavy atom. The second-order valence-electron chi connectivity index (χ2n) is 6.00. The van der Waals surface area contributed by atoms with Gasteiger partial charge < -0.3 is 5.11 Å². The van der Waals surface area contributed by atoms with Crippen LogP contribution in [0.5, 0.6) is 0 Å². The van der Waals surface area contributed by atoms with Crippen LogP contribution < -0.4 is 0 Å². The highest BCUT2D eigenvalue weighted by molar-refractivity contribution is 5.88. The quantitative estimate of drug-likeness (QED) is 0.891. The predicted octanol–water partition coefficient (Wildman–Crippen LogP) is 2.89. The molecule has 0 atom stereocenters. The number of carbonyl (C=O) groups is 1. The van der Waals surface area contributed by atoms with Crippen LogP contribution in [-0.2, 0) is 6.54 Å². The van der Waals surface area contributed by atoms with Gasteiger partial charge in [-0.25, -0.2) is 4.79 Å². The van der Waals surface area contributed by atoms with Crippen molar-refractivity contribution >= 4 is 5.97 Å². The van der Waals surface area contributed by atoms with Crippen LogP contribution >= 0.6 is 0 Å². The summed E-state index contributed by atoms with van der Waals surface area (Å²) >= 11 is 0. The second-order valence-corrected chi connectivity index (χ2v) is 6.00. The molecule has 0 aromatic carbocycles.